The lowest BCUT2D eigenvalue weighted by Gasteiger charge is -1.95. The van der Waals surface area contributed by atoms with Gasteiger partial charge in [-0.2, -0.15) is 0 Å². The van der Waals surface area contributed by atoms with E-state index in [1.165, 1.54) is 4.90 Å². The third kappa shape index (κ3) is 3.89. The zero-order chi connectivity index (χ0) is 9.52. The minimum atomic E-state index is 0.906. The monoisotopic (exact) mass is 254 g/mol. The van der Waals surface area contributed by atoms with Crippen molar-refractivity contribution < 1.29 is 0 Å². The number of halogens is 1. The van der Waals surface area contributed by atoms with Gasteiger partial charge in [0.2, 0.25) is 0 Å². The predicted molar refractivity (Wildman–Crippen MR) is 63.5 cm³/mol. The van der Waals surface area contributed by atoms with Crippen molar-refractivity contribution in [3.8, 4) is 11.8 Å². The van der Waals surface area contributed by atoms with Crippen LogP contribution in [0.2, 0.25) is 0 Å². The van der Waals surface area contributed by atoms with E-state index < -0.39 is 0 Å². The van der Waals surface area contributed by atoms with Crippen molar-refractivity contribution in [2.75, 3.05) is 11.6 Å². The maximum atomic E-state index is 3.34. The average Bonchev–Trinajstić information content (AvgIpc) is 2.19. The third-order valence-electron chi connectivity index (χ3n) is 1.52. The molecular formula is C11H11BrS. The highest BCUT2D eigenvalue weighted by Gasteiger charge is 1.89. The number of rotatable bonds is 2. The predicted octanol–water partition coefficient (Wildman–Crippen LogP) is 3.55. The Kier molecular flexibility index (Phi) is 5.03. The Balaban J connectivity index is 2.73. The highest BCUT2D eigenvalue weighted by Crippen LogP contribution is 2.14. The Morgan fingerprint density at radius 2 is 2.31 bits per heavy atom. The van der Waals surface area contributed by atoms with E-state index in [1.807, 2.05) is 12.1 Å². The van der Waals surface area contributed by atoms with Gasteiger partial charge in [0, 0.05) is 22.2 Å². The second-order valence-electron chi connectivity index (χ2n) is 2.47. The molecule has 0 saturated carbocycles. The van der Waals surface area contributed by atoms with Crippen molar-refractivity contribution in [3.63, 3.8) is 0 Å². The molecule has 68 valence electrons. The third-order valence-corrected chi connectivity index (χ3v) is 2.64. The molecule has 0 nitrogen and oxygen atoms in total. The summed E-state index contributed by atoms with van der Waals surface area (Å²) in [5.74, 6) is 6.22. The van der Waals surface area contributed by atoms with Crippen LogP contribution in [-0.2, 0) is 0 Å². The molecule has 0 aliphatic carbocycles. The molecule has 0 radical (unpaired) electrons. The highest BCUT2D eigenvalue weighted by molar-refractivity contribution is 9.09. The lowest BCUT2D eigenvalue weighted by atomic mass is 10.2. The van der Waals surface area contributed by atoms with Crippen LogP contribution in [0, 0.1) is 11.8 Å². The Labute approximate surface area is 92.2 Å². The molecule has 1 aromatic rings. The second-order valence-corrected chi connectivity index (χ2v) is 4.15. The van der Waals surface area contributed by atoms with Gasteiger partial charge in [-0.15, -0.1) is 11.8 Å². The van der Waals surface area contributed by atoms with E-state index in [0.29, 0.717) is 0 Å². The van der Waals surface area contributed by atoms with Gasteiger partial charge in [0.1, 0.15) is 0 Å². The van der Waals surface area contributed by atoms with Gasteiger partial charge >= 0.3 is 0 Å². The first kappa shape index (κ1) is 10.7. The van der Waals surface area contributed by atoms with Crippen LogP contribution in [-0.4, -0.2) is 11.6 Å². The molecule has 0 aromatic heterocycles. The summed E-state index contributed by atoms with van der Waals surface area (Å²) in [4.78, 5) is 1.27. The van der Waals surface area contributed by atoms with Crippen LogP contribution in [0.25, 0.3) is 0 Å². The van der Waals surface area contributed by atoms with Crippen molar-refractivity contribution in [1.82, 2.24) is 0 Å². The molecule has 1 aromatic carbocycles. The zero-order valence-electron chi connectivity index (χ0n) is 7.51. The smallest absolute Gasteiger partial charge is 0.0256 e. The Morgan fingerprint density at radius 3 is 3.00 bits per heavy atom. The van der Waals surface area contributed by atoms with Gasteiger partial charge in [-0.05, 0) is 24.5 Å². The minimum Gasteiger partial charge on any atom is -0.130 e. The fraction of sp³-hybridized carbons (Fsp3) is 0.273. The zero-order valence-corrected chi connectivity index (χ0v) is 9.91. The van der Waals surface area contributed by atoms with Gasteiger partial charge in [-0.3, -0.25) is 0 Å². The van der Waals surface area contributed by atoms with E-state index in [1.54, 1.807) is 11.8 Å². The van der Waals surface area contributed by atoms with E-state index in [9.17, 15) is 0 Å². The van der Waals surface area contributed by atoms with Gasteiger partial charge in [0.15, 0.2) is 0 Å². The summed E-state index contributed by atoms with van der Waals surface area (Å²) >= 11 is 5.09. The van der Waals surface area contributed by atoms with E-state index in [2.05, 4.69) is 46.2 Å². The van der Waals surface area contributed by atoms with Gasteiger partial charge < -0.3 is 0 Å². The van der Waals surface area contributed by atoms with E-state index in [-0.39, 0.29) is 0 Å². The van der Waals surface area contributed by atoms with E-state index in [0.717, 1.165) is 17.3 Å². The Bertz CT molecular complexity index is 322. The lowest BCUT2D eigenvalue weighted by molar-refractivity contribution is 1.32. The van der Waals surface area contributed by atoms with Crippen molar-refractivity contribution in [3.05, 3.63) is 29.8 Å². The van der Waals surface area contributed by atoms with Crippen LogP contribution >= 0.6 is 27.7 Å². The van der Waals surface area contributed by atoms with Crippen molar-refractivity contribution in [2.45, 2.75) is 11.3 Å². The molecule has 0 heterocycles. The average molecular weight is 255 g/mol. The van der Waals surface area contributed by atoms with Crippen LogP contribution in [0.15, 0.2) is 29.2 Å². The molecule has 0 spiro atoms. The van der Waals surface area contributed by atoms with Crippen LogP contribution in [0.4, 0.5) is 0 Å². The first-order valence-electron chi connectivity index (χ1n) is 4.05. The van der Waals surface area contributed by atoms with Crippen LogP contribution < -0.4 is 0 Å². The largest absolute Gasteiger partial charge is 0.130 e. The quantitative estimate of drug-likeness (QED) is 0.442. The topological polar surface area (TPSA) is 0 Å². The van der Waals surface area contributed by atoms with E-state index >= 15 is 0 Å². The molecule has 0 amide bonds. The molecule has 0 atom stereocenters. The summed E-state index contributed by atoms with van der Waals surface area (Å²) in [5.41, 5.74) is 1.10. The number of benzene rings is 1. The molecule has 0 unspecified atom stereocenters. The van der Waals surface area contributed by atoms with Crippen LogP contribution in [0.3, 0.4) is 0 Å². The molecule has 2 heteroatoms. The molecular weight excluding hydrogens is 244 g/mol. The molecule has 0 saturated heterocycles. The molecule has 1 rings (SSSR count). The summed E-state index contributed by atoms with van der Waals surface area (Å²) in [6, 6.07) is 8.30. The fourth-order valence-corrected chi connectivity index (χ4v) is 1.57. The van der Waals surface area contributed by atoms with E-state index in [4.69, 9.17) is 0 Å². The Hall–Kier alpha value is -0.390. The molecule has 0 aliphatic heterocycles. The van der Waals surface area contributed by atoms with Crippen molar-refractivity contribution in [2.24, 2.45) is 0 Å². The molecule has 0 fully saturated rings. The number of thioether (sulfide) groups is 1. The summed E-state index contributed by atoms with van der Waals surface area (Å²) in [7, 11) is 0. The molecule has 0 aliphatic rings. The first-order valence-corrected chi connectivity index (χ1v) is 6.40. The lowest BCUT2D eigenvalue weighted by Crippen LogP contribution is -1.75. The number of alkyl halides is 1. The van der Waals surface area contributed by atoms with Crippen LogP contribution in [0.1, 0.15) is 12.0 Å². The second kappa shape index (κ2) is 6.12. The van der Waals surface area contributed by atoms with Gasteiger partial charge in [-0.1, -0.05) is 33.8 Å². The van der Waals surface area contributed by atoms with Gasteiger partial charge in [-0.25, -0.2) is 0 Å². The number of hydrogen-bond acceptors (Lipinski definition) is 1. The Morgan fingerprint density at radius 1 is 1.46 bits per heavy atom. The first-order chi connectivity index (χ1) is 6.36. The van der Waals surface area contributed by atoms with Gasteiger partial charge in [0.25, 0.3) is 0 Å². The molecule has 0 N–H and O–H groups in total. The van der Waals surface area contributed by atoms with Gasteiger partial charge in [0.05, 0.1) is 0 Å². The van der Waals surface area contributed by atoms with Crippen molar-refractivity contribution >= 4 is 27.7 Å². The molecule has 13 heavy (non-hydrogen) atoms. The standard InChI is InChI=1S/C11H11BrS/c1-13-11-7-4-6-10(9-11)5-2-3-8-12/h4,6-7,9H,3,8H2,1H3. The molecule has 0 bridgehead atoms. The summed E-state index contributed by atoms with van der Waals surface area (Å²) in [6.07, 6.45) is 2.98. The fourth-order valence-electron chi connectivity index (χ4n) is 0.913. The summed E-state index contributed by atoms with van der Waals surface area (Å²) in [6.45, 7) is 0. The number of hydrogen-bond donors (Lipinski definition) is 0. The summed E-state index contributed by atoms with van der Waals surface area (Å²) in [5, 5.41) is 0.947. The normalized spacial score (nSPS) is 9.08. The van der Waals surface area contributed by atoms with Crippen molar-refractivity contribution in [1.29, 1.82) is 0 Å². The summed E-state index contributed by atoms with van der Waals surface area (Å²) < 4.78 is 0. The highest BCUT2D eigenvalue weighted by atomic mass is 79.9. The maximum absolute atomic E-state index is 3.34. The van der Waals surface area contributed by atoms with Crippen LogP contribution in [0.5, 0.6) is 0 Å². The minimum absolute atomic E-state index is 0.906. The SMILES string of the molecule is CSc1cccc(C#CCCBr)c1. The maximum Gasteiger partial charge on any atom is 0.0256 e.